The SMILES string of the molecule is CC(NC(=O)c1ccc(N)c(Br)c1)c1nnc2n1CCC2. The summed E-state index contributed by atoms with van der Waals surface area (Å²) in [5, 5.41) is 11.3. The molecule has 6 nitrogen and oxygen atoms in total. The number of nitrogen functional groups attached to an aromatic ring is 1. The minimum atomic E-state index is -0.187. The third-order valence-corrected chi connectivity index (χ3v) is 4.32. The first-order valence-corrected chi connectivity index (χ1v) is 7.63. The number of nitrogens with one attached hydrogen (secondary N) is 1. The lowest BCUT2D eigenvalue weighted by Crippen LogP contribution is -2.28. The zero-order chi connectivity index (χ0) is 15.0. The highest BCUT2D eigenvalue weighted by Gasteiger charge is 2.22. The van der Waals surface area contributed by atoms with E-state index in [1.807, 2.05) is 6.92 Å². The van der Waals surface area contributed by atoms with Gasteiger partial charge in [-0.05, 0) is 47.5 Å². The zero-order valence-corrected chi connectivity index (χ0v) is 13.2. The van der Waals surface area contributed by atoms with Gasteiger partial charge in [-0.3, -0.25) is 4.79 Å². The Hall–Kier alpha value is -1.89. The Morgan fingerprint density at radius 3 is 3.05 bits per heavy atom. The number of benzene rings is 1. The largest absolute Gasteiger partial charge is 0.398 e. The lowest BCUT2D eigenvalue weighted by molar-refractivity contribution is 0.0937. The monoisotopic (exact) mass is 349 g/mol. The maximum Gasteiger partial charge on any atom is 0.251 e. The van der Waals surface area contributed by atoms with Crippen LogP contribution in [-0.2, 0) is 13.0 Å². The standard InChI is InChI=1S/C14H16BrN5O/c1-8(13-19-18-12-3-2-6-20(12)13)17-14(21)9-4-5-11(16)10(15)7-9/h4-5,7-8H,2-3,6,16H2,1H3,(H,17,21). The molecule has 3 rings (SSSR count). The van der Waals surface area contributed by atoms with Gasteiger partial charge < -0.3 is 15.6 Å². The van der Waals surface area contributed by atoms with Crippen molar-refractivity contribution in [1.82, 2.24) is 20.1 Å². The van der Waals surface area contributed by atoms with Gasteiger partial charge in [0.15, 0.2) is 5.82 Å². The van der Waals surface area contributed by atoms with Gasteiger partial charge in [-0.15, -0.1) is 10.2 Å². The lowest BCUT2D eigenvalue weighted by atomic mass is 10.2. The number of carbonyl (C=O) groups excluding carboxylic acids is 1. The second-order valence-electron chi connectivity index (χ2n) is 5.16. The van der Waals surface area contributed by atoms with Crippen LogP contribution >= 0.6 is 15.9 Å². The van der Waals surface area contributed by atoms with Crippen LogP contribution < -0.4 is 11.1 Å². The van der Waals surface area contributed by atoms with Crippen LogP contribution in [0.2, 0.25) is 0 Å². The van der Waals surface area contributed by atoms with E-state index < -0.39 is 0 Å². The van der Waals surface area contributed by atoms with Crippen molar-refractivity contribution in [3.63, 3.8) is 0 Å². The molecule has 2 heterocycles. The molecule has 110 valence electrons. The number of hydrogen-bond acceptors (Lipinski definition) is 4. The summed E-state index contributed by atoms with van der Waals surface area (Å²) in [6.07, 6.45) is 2.04. The Balaban J connectivity index is 1.76. The number of aromatic nitrogens is 3. The lowest BCUT2D eigenvalue weighted by Gasteiger charge is -2.14. The normalized spacial score (nSPS) is 14.8. The molecule has 0 saturated heterocycles. The zero-order valence-electron chi connectivity index (χ0n) is 11.6. The molecule has 1 aliphatic heterocycles. The summed E-state index contributed by atoms with van der Waals surface area (Å²) in [5.74, 6) is 1.66. The van der Waals surface area contributed by atoms with E-state index in [0.29, 0.717) is 15.7 Å². The number of anilines is 1. The molecule has 1 atom stereocenters. The number of rotatable bonds is 3. The van der Waals surface area contributed by atoms with Crippen LogP contribution in [0.5, 0.6) is 0 Å². The summed E-state index contributed by atoms with van der Waals surface area (Å²) in [6.45, 7) is 2.84. The minimum absolute atomic E-state index is 0.154. The predicted molar refractivity (Wildman–Crippen MR) is 82.8 cm³/mol. The Kier molecular flexibility index (Phi) is 3.67. The van der Waals surface area contributed by atoms with E-state index in [1.165, 1.54) is 0 Å². The highest BCUT2D eigenvalue weighted by atomic mass is 79.9. The van der Waals surface area contributed by atoms with E-state index in [1.54, 1.807) is 18.2 Å². The quantitative estimate of drug-likeness (QED) is 0.830. The Labute approximate surface area is 130 Å². The molecule has 0 fully saturated rings. The predicted octanol–water partition coefficient (Wildman–Crippen LogP) is 2.06. The first-order chi connectivity index (χ1) is 10.1. The molecule has 1 aromatic heterocycles. The molecule has 21 heavy (non-hydrogen) atoms. The van der Waals surface area contributed by atoms with Crippen molar-refractivity contribution in [3.05, 3.63) is 39.9 Å². The van der Waals surface area contributed by atoms with Crippen LogP contribution in [0.25, 0.3) is 0 Å². The smallest absolute Gasteiger partial charge is 0.251 e. The number of halogens is 1. The van der Waals surface area contributed by atoms with Crippen LogP contribution in [0.15, 0.2) is 22.7 Å². The molecule has 1 aliphatic rings. The summed E-state index contributed by atoms with van der Waals surface area (Å²) in [7, 11) is 0. The van der Waals surface area contributed by atoms with Crippen molar-refractivity contribution < 1.29 is 4.79 Å². The molecule has 2 aromatic rings. The van der Waals surface area contributed by atoms with E-state index >= 15 is 0 Å². The van der Waals surface area contributed by atoms with E-state index in [0.717, 1.165) is 31.0 Å². The Bertz CT molecular complexity index is 697. The molecule has 1 unspecified atom stereocenters. The molecule has 0 aliphatic carbocycles. The molecule has 0 spiro atoms. The van der Waals surface area contributed by atoms with E-state index in [2.05, 4.69) is 36.0 Å². The Morgan fingerprint density at radius 2 is 2.29 bits per heavy atom. The molecule has 0 radical (unpaired) electrons. The molecular weight excluding hydrogens is 334 g/mol. The van der Waals surface area contributed by atoms with Gasteiger partial charge in [-0.2, -0.15) is 0 Å². The number of fused-ring (bicyclic) bond motifs is 1. The summed E-state index contributed by atoms with van der Waals surface area (Å²) in [5.41, 5.74) is 6.89. The Morgan fingerprint density at radius 1 is 1.48 bits per heavy atom. The third-order valence-electron chi connectivity index (χ3n) is 3.64. The average molecular weight is 350 g/mol. The number of amides is 1. The van der Waals surface area contributed by atoms with Gasteiger partial charge in [-0.25, -0.2) is 0 Å². The van der Waals surface area contributed by atoms with E-state index in [-0.39, 0.29) is 11.9 Å². The molecule has 0 saturated carbocycles. The number of aryl methyl sites for hydroxylation is 1. The van der Waals surface area contributed by atoms with Crippen molar-refractivity contribution in [2.24, 2.45) is 0 Å². The topological polar surface area (TPSA) is 85.8 Å². The maximum atomic E-state index is 12.3. The molecule has 1 amide bonds. The number of nitrogens with two attached hydrogens (primary N) is 1. The van der Waals surface area contributed by atoms with Gasteiger partial charge in [0, 0.05) is 28.7 Å². The van der Waals surface area contributed by atoms with Crippen LogP contribution in [0.3, 0.4) is 0 Å². The summed E-state index contributed by atoms with van der Waals surface area (Å²) >= 11 is 3.33. The van der Waals surface area contributed by atoms with Crippen LogP contribution in [0, 0.1) is 0 Å². The minimum Gasteiger partial charge on any atom is -0.398 e. The molecule has 7 heteroatoms. The first-order valence-electron chi connectivity index (χ1n) is 6.84. The highest BCUT2D eigenvalue weighted by molar-refractivity contribution is 9.10. The second-order valence-corrected chi connectivity index (χ2v) is 6.02. The molecule has 1 aromatic carbocycles. The van der Waals surface area contributed by atoms with Gasteiger partial charge in [0.25, 0.3) is 5.91 Å². The van der Waals surface area contributed by atoms with Gasteiger partial charge >= 0.3 is 0 Å². The summed E-state index contributed by atoms with van der Waals surface area (Å²) < 4.78 is 2.80. The first kappa shape index (κ1) is 14.1. The van der Waals surface area contributed by atoms with Gasteiger partial charge in [0.05, 0.1) is 6.04 Å². The maximum absolute atomic E-state index is 12.3. The van der Waals surface area contributed by atoms with Gasteiger partial charge in [-0.1, -0.05) is 0 Å². The van der Waals surface area contributed by atoms with E-state index in [9.17, 15) is 4.79 Å². The van der Waals surface area contributed by atoms with Gasteiger partial charge in [0.1, 0.15) is 5.82 Å². The van der Waals surface area contributed by atoms with Crippen LogP contribution in [0.1, 0.15) is 41.4 Å². The van der Waals surface area contributed by atoms with Crippen molar-refractivity contribution in [2.45, 2.75) is 32.4 Å². The van der Waals surface area contributed by atoms with Crippen molar-refractivity contribution in [2.75, 3.05) is 5.73 Å². The molecular formula is C14H16BrN5O. The average Bonchev–Trinajstić information content (AvgIpc) is 3.04. The fourth-order valence-corrected chi connectivity index (χ4v) is 2.89. The molecule has 3 N–H and O–H groups in total. The fourth-order valence-electron chi connectivity index (χ4n) is 2.51. The number of carbonyl (C=O) groups is 1. The van der Waals surface area contributed by atoms with E-state index in [4.69, 9.17) is 5.73 Å². The second kappa shape index (κ2) is 5.48. The third kappa shape index (κ3) is 2.65. The summed E-state index contributed by atoms with van der Waals surface area (Å²) in [4.78, 5) is 12.3. The summed E-state index contributed by atoms with van der Waals surface area (Å²) in [6, 6.07) is 4.94. The van der Waals surface area contributed by atoms with Crippen molar-refractivity contribution in [3.8, 4) is 0 Å². The number of hydrogen-bond donors (Lipinski definition) is 2. The fraction of sp³-hybridized carbons (Fsp3) is 0.357. The van der Waals surface area contributed by atoms with Crippen molar-refractivity contribution in [1.29, 1.82) is 0 Å². The highest BCUT2D eigenvalue weighted by Crippen LogP contribution is 2.22. The van der Waals surface area contributed by atoms with Crippen LogP contribution in [-0.4, -0.2) is 20.7 Å². The van der Waals surface area contributed by atoms with Crippen molar-refractivity contribution >= 4 is 27.5 Å². The van der Waals surface area contributed by atoms with Gasteiger partial charge in [0.2, 0.25) is 0 Å². The number of nitrogens with zero attached hydrogens (tertiary/aromatic N) is 3. The van der Waals surface area contributed by atoms with Crippen LogP contribution in [0.4, 0.5) is 5.69 Å². The molecule has 0 bridgehead atoms.